The molecule has 3 aromatic rings. The van der Waals surface area contributed by atoms with Crippen molar-refractivity contribution in [3.05, 3.63) is 68.3 Å². The number of aliphatic hydroxyl groups excluding tert-OH is 1. The summed E-state index contributed by atoms with van der Waals surface area (Å²) in [4.78, 5) is 12.5. The van der Waals surface area contributed by atoms with Gasteiger partial charge in [0.05, 0.1) is 29.6 Å². The molecule has 0 saturated carbocycles. The average molecular weight is 454 g/mol. The van der Waals surface area contributed by atoms with Gasteiger partial charge in [-0.05, 0) is 49.2 Å². The molecule has 1 N–H and O–H groups in total. The number of carbonyl (C=O) groups excluding carboxylic acids is 1. The second-order valence-corrected chi connectivity index (χ2v) is 7.50. The molecule has 0 bridgehead atoms. The van der Waals surface area contributed by atoms with E-state index in [2.05, 4.69) is 5.10 Å². The van der Waals surface area contributed by atoms with Gasteiger partial charge in [0.1, 0.15) is 0 Å². The highest BCUT2D eigenvalue weighted by atomic mass is 35.5. The molecule has 3 rings (SSSR count). The smallest absolute Gasteiger partial charge is 0.359 e. The lowest BCUT2D eigenvalue weighted by Gasteiger charge is -2.14. The van der Waals surface area contributed by atoms with Crippen molar-refractivity contribution in [2.45, 2.75) is 26.9 Å². The molecule has 0 amide bonds. The molecule has 29 heavy (non-hydrogen) atoms. The van der Waals surface area contributed by atoms with Crippen molar-refractivity contribution < 1.29 is 14.6 Å². The molecule has 0 aliphatic rings. The summed E-state index contributed by atoms with van der Waals surface area (Å²) < 4.78 is 6.68. The zero-order valence-corrected chi connectivity index (χ0v) is 18.1. The Kier molecular flexibility index (Phi) is 6.85. The Hall–Kier alpha value is -2.05. The van der Waals surface area contributed by atoms with E-state index in [-0.39, 0.29) is 12.3 Å². The molecule has 8 heteroatoms. The number of hydrogen-bond donors (Lipinski definition) is 1. The van der Waals surface area contributed by atoms with Gasteiger partial charge in [0, 0.05) is 21.2 Å². The predicted octanol–water partition coefficient (Wildman–Crippen LogP) is 5.73. The molecule has 0 saturated heterocycles. The van der Waals surface area contributed by atoms with E-state index in [1.54, 1.807) is 35.9 Å². The van der Waals surface area contributed by atoms with Crippen molar-refractivity contribution in [3.63, 3.8) is 0 Å². The van der Waals surface area contributed by atoms with Gasteiger partial charge in [-0.3, -0.25) is 0 Å². The fraction of sp³-hybridized carbons (Fsp3) is 0.238. The molecule has 5 nitrogen and oxygen atoms in total. The van der Waals surface area contributed by atoms with Crippen molar-refractivity contribution in [1.82, 2.24) is 9.78 Å². The molecule has 0 unspecified atom stereocenters. The van der Waals surface area contributed by atoms with Crippen LogP contribution in [0.4, 0.5) is 0 Å². The van der Waals surface area contributed by atoms with Crippen molar-refractivity contribution in [3.8, 4) is 16.9 Å². The van der Waals surface area contributed by atoms with E-state index in [9.17, 15) is 9.90 Å². The molecular weight excluding hydrogens is 435 g/mol. The maximum absolute atomic E-state index is 12.5. The van der Waals surface area contributed by atoms with Crippen LogP contribution in [-0.2, 0) is 17.8 Å². The molecule has 1 aromatic heterocycles. The highest BCUT2D eigenvalue weighted by Crippen LogP contribution is 2.36. The van der Waals surface area contributed by atoms with Crippen LogP contribution in [0.15, 0.2) is 36.4 Å². The zero-order valence-electron chi connectivity index (χ0n) is 15.9. The average Bonchev–Trinajstić information content (AvgIpc) is 3.07. The van der Waals surface area contributed by atoms with Gasteiger partial charge < -0.3 is 9.84 Å². The molecule has 0 atom stereocenters. The third-order valence-electron chi connectivity index (χ3n) is 4.45. The third-order valence-corrected chi connectivity index (χ3v) is 5.22. The van der Waals surface area contributed by atoms with E-state index < -0.39 is 12.6 Å². The molecule has 0 radical (unpaired) electrons. The van der Waals surface area contributed by atoms with Crippen LogP contribution < -0.4 is 0 Å². The summed E-state index contributed by atoms with van der Waals surface area (Å²) in [5.41, 5.74) is 3.18. The lowest BCUT2D eigenvalue weighted by molar-refractivity contribution is 0.0515. The number of benzene rings is 2. The molecule has 1 heterocycles. The fourth-order valence-corrected chi connectivity index (χ4v) is 3.84. The van der Waals surface area contributed by atoms with Crippen LogP contribution in [0.5, 0.6) is 0 Å². The fourth-order valence-electron chi connectivity index (χ4n) is 3.15. The van der Waals surface area contributed by atoms with E-state index in [0.717, 1.165) is 11.1 Å². The predicted molar refractivity (Wildman–Crippen MR) is 115 cm³/mol. The summed E-state index contributed by atoms with van der Waals surface area (Å²) in [7, 11) is 0. The van der Waals surface area contributed by atoms with Crippen molar-refractivity contribution in [2.24, 2.45) is 0 Å². The normalized spacial score (nSPS) is 11.0. The number of carbonyl (C=O) groups is 1. The van der Waals surface area contributed by atoms with E-state index in [1.165, 1.54) is 0 Å². The Morgan fingerprint density at radius 1 is 1.10 bits per heavy atom. The molecule has 2 aromatic carbocycles. The number of aliphatic hydroxyl groups is 1. The second-order valence-electron chi connectivity index (χ2n) is 6.22. The minimum absolute atomic E-state index is 0.0346. The van der Waals surface area contributed by atoms with Crippen LogP contribution in [0, 0.1) is 0 Å². The van der Waals surface area contributed by atoms with Gasteiger partial charge in [0.25, 0.3) is 0 Å². The number of nitrogens with zero attached hydrogens (tertiary/aromatic N) is 2. The number of esters is 1. The molecule has 0 spiro atoms. The van der Waals surface area contributed by atoms with Gasteiger partial charge >= 0.3 is 5.97 Å². The molecule has 152 valence electrons. The Bertz CT molecular complexity index is 1060. The van der Waals surface area contributed by atoms with Gasteiger partial charge in [0.15, 0.2) is 5.69 Å². The first-order chi connectivity index (χ1) is 13.9. The highest BCUT2D eigenvalue weighted by molar-refractivity contribution is 6.35. The van der Waals surface area contributed by atoms with Crippen LogP contribution in [0.3, 0.4) is 0 Å². The number of aromatic nitrogens is 2. The van der Waals surface area contributed by atoms with Gasteiger partial charge in [0.2, 0.25) is 0 Å². The summed E-state index contributed by atoms with van der Waals surface area (Å²) in [6, 6.07) is 10.4. The van der Waals surface area contributed by atoms with E-state index in [0.29, 0.717) is 38.4 Å². The lowest BCUT2D eigenvalue weighted by Crippen LogP contribution is -2.08. The second kappa shape index (κ2) is 9.18. The van der Waals surface area contributed by atoms with Gasteiger partial charge in [-0.15, -0.1) is 0 Å². The maximum Gasteiger partial charge on any atom is 0.359 e. The minimum Gasteiger partial charge on any atom is -0.461 e. The Labute approximate surface area is 183 Å². The number of halogens is 3. The minimum atomic E-state index is -0.617. The number of ether oxygens (including phenoxy) is 1. The van der Waals surface area contributed by atoms with Crippen LogP contribution in [0.25, 0.3) is 16.9 Å². The maximum atomic E-state index is 12.5. The number of hydrogen-bond acceptors (Lipinski definition) is 4. The standard InChI is InChI=1S/C21H19Cl3N2O3/c1-3-12-9-13(22)5-7-15(12)20-16(11-27)19(21(28)29-4-2)25-26(20)18-8-6-14(23)10-17(18)24/h5-10,27H,3-4,11H2,1-2H3. The summed E-state index contributed by atoms with van der Waals surface area (Å²) >= 11 is 18.6. The number of aryl methyl sites for hydroxylation is 1. The summed E-state index contributed by atoms with van der Waals surface area (Å²) in [5, 5.41) is 16.0. The quantitative estimate of drug-likeness (QED) is 0.484. The monoisotopic (exact) mass is 452 g/mol. The van der Waals surface area contributed by atoms with Crippen LogP contribution in [0.1, 0.15) is 35.5 Å². The molecule has 0 aliphatic carbocycles. The Morgan fingerprint density at radius 3 is 2.41 bits per heavy atom. The van der Waals surface area contributed by atoms with Crippen molar-refractivity contribution in [1.29, 1.82) is 0 Å². The van der Waals surface area contributed by atoms with Gasteiger partial charge in [-0.1, -0.05) is 47.8 Å². The van der Waals surface area contributed by atoms with Crippen LogP contribution in [-0.4, -0.2) is 27.5 Å². The first kappa shape index (κ1) is 21.7. The molecule has 0 aliphatic heterocycles. The SMILES string of the molecule is CCOC(=O)c1nn(-c2ccc(Cl)cc2Cl)c(-c2ccc(Cl)cc2CC)c1CO. The molecule has 0 fully saturated rings. The largest absolute Gasteiger partial charge is 0.461 e. The van der Waals surface area contributed by atoms with Crippen molar-refractivity contribution >= 4 is 40.8 Å². The Balaban J connectivity index is 2.37. The van der Waals surface area contributed by atoms with Gasteiger partial charge in [-0.2, -0.15) is 5.10 Å². The van der Waals surface area contributed by atoms with E-state index >= 15 is 0 Å². The van der Waals surface area contributed by atoms with Crippen LogP contribution >= 0.6 is 34.8 Å². The number of rotatable bonds is 6. The van der Waals surface area contributed by atoms with Gasteiger partial charge in [-0.25, -0.2) is 9.48 Å². The summed E-state index contributed by atoms with van der Waals surface area (Å²) in [5.74, 6) is -0.617. The summed E-state index contributed by atoms with van der Waals surface area (Å²) in [6.45, 7) is 3.49. The highest BCUT2D eigenvalue weighted by Gasteiger charge is 2.27. The first-order valence-electron chi connectivity index (χ1n) is 9.05. The first-order valence-corrected chi connectivity index (χ1v) is 10.2. The topological polar surface area (TPSA) is 64.3 Å². The lowest BCUT2D eigenvalue weighted by atomic mass is 9.98. The Morgan fingerprint density at radius 2 is 1.79 bits per heavy atom. The van der Waals surface area contributed by atoms with E-state index in [4.69, 9.17) is 39.5 Å². The van der Waals surface area contributed by atoms with E-state index in [1.807, 2.05) is 19.1 Å². The summed E-state index contributed by atoms with van der Waals surface area (Å²) in [6.07, 6.45) is 0.690. The molecular formula is C21H19Cl3N2O3. The van der Waals surface area contributed by atoms with Crippen molar-refractivity contribution in [2.75, 3.05) is 6.61 Å². The zero-order chi connectivity index (χ0) is 21.1. The van der Waals surface area contributed by atoms with Crippen LogP contribution in [0.2, 0.25) is 15.1 Å². The third kappa shape index (κ3) is 4.28.